The summed E-state index contributed by atoms with van der Waals surface area (Å²) in [5.74, 6) is -0.637. The first kappa shape index (κ1) is 16.3. The Balaban J connectivity index is 1.80. The fourth-order valence-electron chi connectivity index (χ4n) is 2.25. The molecule has 3 aromatic rings. The minimum absolute atomic E-state index is 0.307. The molecule has 126 valence electrons. The van der Waals surface area contributed by atoms with E-state index in [1.54, 1.807) is 59.6 Å². The summed E-state index contributed by atoms with van der Waals surface area (Å²) in [5.41, 5.74) is -0.0565. The highest BCUT2D eigenvalue weighted by molar-refractivity contribution is 6.23. The number of carbonyl (C=O) groups excluding carboxylic acids is 1. The van der Waals surface area contributed by atoms with Gasteiger partial charge in [-0.3, -0.25) is 4.79 Å². The molecule has 0 radical (unpaired) electrons. The molecule has 2 N–H and O–H groups in total. The summed E-state index contributed by atoms with van der Waals surface area (Å²) in [6, 6.07) is 13.5. The zero-order valence-corrected chi connectivity index (χ0v) is 13.1. The minimum atomic E-state index is -1.31. The number of aromatic nitrogens is 2. The van der Waals surface area contributed by atoms with Gasteiger partial charge in [0.05, 0.1) is 12.5 Å². The van der Waals surface area contributed by atoms with Gasteiger partial charge in [-0.15, -0.1) is 0 Å². The number of anilines is 1. The highest BCUT2D eigenvalue weighted by atomic mass is 16.4. The van der Waals surface area contributed by atoms with E-state index in [0.717, 1.165) is 0 Å². The second-order valence-corrected chi connectivity index (χ2v) is 5.16. The summed E-state index contributed by atoms with van der Waals surface area (Å²) in [6.45, 7) is 0.380. The van der Waals surface area contributed by atoms with Crippen LogP contribution in [-0.4, -0.2) is 26.6 Å². The molecule has 0 saturated carbocycles. The molecule has 3 rings (SSSR count). The Hall–Kier alpha value is -3.61. The average molecular weight is 337 g/mol. The summed E-state index contributed by atoms with van der Waals surface area (Å²) in [6.07, 6.45) is 4.30. The van der Waals surface area contributed by atoms with Crippen LogP contribution in [0.2, 0.25) is 0 Å². The predicted octanol–water partition coefficient (Wildman–Crippen LogP) is 2.79. The van der Waals surface area contributed by atoms with Crippen molar-refractivity contribution in [3.63, 3.8) is 0 Å². The molecule has 7 heteroatoms. The first-order valence-electron chi connectivity index (χ1n) is 7.49. The number of nitrogens with one attached hydrogen (secondary N) is 1. The Bertz CT molecular complexity index is 896. The number of benzene rings is 1. The third kappa shape index (κ3) is 3.84. The van der Waals surface area contributed by atoms with Crippen molar-refractivity contribution in [1.29, 1.82) is 0 Å². The molecule has 25 heavy (non-hydrogen) atoms. The Morgan fingerprint density at radius 2 is 1.96 bits per heavy atom. The van der Waals surface area contributed by atoms with Crippen molar-refractivity contribution >= 4 is 17.6 Å². The molecule has 0 aliphatic carbocycles. The molecule has 1 aromatic carbocycles. The van der Waals surface area contributed by atoms with Crippen molar-refractivity contribution in [1.82, 2.24) is 9.78 Å². The molecule has 0 saturated heterocycles. The van der Waals surface area contributed by atoms with E-state index in [-0.39, 0.29) is 5.57 Å². The monoisotopic (exact) mass is 337 g/mol. The molecule has 7 nitrogen and oxygen atoms in total. The molecule has 0 spiro atoms. The summed E-state index contributed by atoms with van der Waals surface area (Å²) in [7, 11) is 0. The SMILES string of the molecule is O=C(O)/C(=C\Nc1ccnn1Cc1ccco1)C(=O)c1ccccc1. The largest absolute Gasteiger partial charge is 0.477 e. The van der Waals surface area contributed by atoms with Crippen molar-refractivity contribution < 1.29 is 19.1 Å². The van der Waals surface area contributed by atoms with Gasteiger partial charge in [0, 0.05) is 17.8 Å². The quantitative estimate of drug-likeness (QED) is 0.298. The zero-order valence-electron chi connectivity index (χ0n) is 13.1. The number of rotatable bonds is 7. The Kier molecular flexibility index (Phi) is 4.75. The Morgan fingerprint density at radius 3 is 2.64 bits per heavy atom. The van der Waals surface area contributed by atoms with Crippen LogP contribution in [-0.2, 0) is 11.3 Å². The average Bonchev–Trinajstić information content (AvgIpc) is 3.28. The molecule has 0 unspecified atom stereocenters. The van der Waals surface area contributed by atoms with Crippen molar-refractivity contribution in [3.05, 3.63) is 84.1 Å². The van der Waals surface area contributed by atoms with Crippen LogP contribution in [0.1, 0.15) is 16.1 Å². The number of aliphatic carboxylic acids is 1. The van der Waals surface area contributed by atoms with Gasteiger partial charge >= 0.3 is 5.97 Å². The lowest BCUT2D eigenvalue weighted by atomic mass is 10.0. The fourth-order valence-corrected chi connectivity index (χ4v) is 2.25. The molecule has 0 bridgehead atoms. The van der Waals surface area contributed by atoms with E-state index in [4.69, 9.17) is 4.42 Å². The number of carboxylic acids is 1. The Morgan fingerprint density at radius 1 is 1.16 bits per heavy atom. The molecular weight excluding hydrogens is 322 g/mol. The van der Waals surface area contributed by atoms with Crippen molar-refractivity contribution in [2.24, 2.45) is 0 Å². The number of carboxylic acid groups (broad SMARTS) is 1. The van der Waals surface area contributed by atoms with Gasteiger partial charge in [-0.1, -0.05) is 30.3 Å². The van der Waals surface area contributed by atoms with E-state index in [9.17, 15) is 14.7 Å². The lowest BCUT2D eigenvalue weighted by molar-refractivity contribution is -0.132. The van der Waals surface area contributed by atoms with Gasteiger partial charge in [0.2, 0.25) is 5.78 Å². The molecule has 0 aliphatic rings. The normalized spacial score (nSPS) is 11.3. The number of ketones is 1. The first-order valence-corrected chi connectivity index (χ1v) is 7.49. The second kappa shape index (κ2) is 7.31. The lowest BCUT2D eigenvalue weighted by Crippen LogP contribution is -2.15. The van der Waals surface area contributed by atoms with Crippen LogP contribution in [0, 0.1) is 0 Å². The maximum absolute atomic E-state index is 12.4. The Labute approximate surface area is 143 Å². The summed E-state index contributed by atoms with van der Waals surface area (Å²) in [5, 5.41) is 16.3. The summed E-state index contributed by atoms with van der Waals surface area (Å²) < 4.78 is 6.87. The van der Waals surface area contributed by atoms with Gasteiger partial charge in [-0.2, -0.15) is 5.10 Å². The number of furan rings is 1. The van der Waals surface area contributed by atoms with Crippen LogP contribution < -0.4 is 5.32 Å². The molecule has 2 heterocycles. The highest BCUT2D eigenvalue weighted by Gasteiger charge is 2.19. The van der Waals surface area contributed by atoms with Gasteiger partial charge in [0.25, 0.3) is 0 Å². The van der Waals surface area contributed by atoms with Crippen molar-refractivity contribution in [2.75, 3.05) is 5.32 Å². The third-order valence-corrected chi connectivity index (χ3v) is 3.48. The molecule has 0 aliphatic heterocycles. The van der Waals surface area contributed by atoms with Crippen LogP contribution in [0.25, 0.3) is 0 Å². The summed E-state index contributed by atoms with van der Waals surface area (Å²) >= 11 is 0. The third-order valence-electron chi connectivity index (χ3n) is 3.48. The van der Waals surface area contributed by atoms with Crippen LogP contribution >= 0.6 is 0 Å². The predicted molar refractivity (Wildman–Crippen MR) is 90.2 cm³/mol. The maximum Gasteiger partial charge on any atom is 0.341 e. The van der Waals surface area contributed by atoms with Crippen molar-refractivity contribution in [2.45, 2.75) is 6.54 Å². The maximum atomic E-state index is 12.4. The van der Waals surface area contributed by atoms with Crippen LogP contribution in [0.5, 0.6) is 0 Å². The van der Waals surface area contributed by atoms with Gasteiger partial charge in [-0.05, 0) is 12.1 Å². The number of nitrogens with zero attached hydrogens (tertiary/aromatic N) is 2. The van der Waals surface area contributed by atoms with Gasteiger partial charge in [-0.25, -0.2) is 9.48 Å². The summed E-state index contributed by atoms with van der Waals surface area (Å²) in [4.78, 5) is 23.8. The van der Waals surface area contributed by atoms with Gasteiger partial charge in [0.1, 0.15) is 23.7 Å². The molecule has 0 fully saturated rings. The second-order valence-electron chi connectivity index (χ2n) is 5.16. The zero-order chi connectivity index (χ0) is 17.6. The molecular formula is C18H15N3O4. The molecule has 0 atom stereocenters. The number of carbonyl (C=O) groups is 2. The minimum Gasteiger partial charge on any atom is -0.477 e. The van der Waals surface area contributed by atoms with E-state index >= 15 is 0 Å². The van der Waals surface area contributed by atoms with Crippen molar-refractivity contribution in [3.8, 4) is 0 Å². The van der Waals surface area contributed by atoms with E-state index in [2.05, 4.69) is 10.4 Å². The van der Waals surface area contributed by atoms with E-state index < -0.39 is 11.8 Å². The van der Waals surface area contributed by atoms with Crippen LogP contribution in [0.4, 0.5) is 5.82 Å². The fraction of sp³-hybridized carbons (Fsp3) is 0.0556. The molecule has 0 amide bonds. The van der Waals surface area contributed by atoms with Gasteiger partial charge < -0.3 is 14.8 Å². The smallest absolute Gasteiger partial charge is 0.341 e. The van der Waals surface area contributed by atoms with E-state index in [0.29, 0.717) is 23.7 Å². The first-order chi connectivity index (χ1) is 12.1. The lowest BCUT2D eigenvalue weighted by Gasteiger charge is -2.07. The number of hydrogen-bond donors (Lipinski definition) is 2. The standard InChI is InChI=1S/C18H15N3O4/c22-17(13-5-2-1-3-6-13)15(18(23)24)11-19-16-8-9-20-21(16)12-14-7-4-10-25-14/h1-11,19H,12H2,(H,23,24)/b15-11-. The molecule has 2 aromatic heterocycles. The topological polar surface area (TPSA) is 97.4 Å². The van der Waals surface area contributed by atoms with Crippen LogP contribution in [0.15, 0.2) is 77.2 Å². The number of Topliss-reactive ketones (excluding diaryl/α,β-unsaturated/α-hetero) is 1. The van der Waals surface area contributed by atoms with E-state index in [1.165, 1.54) is 6.20 Å². The van der Waals surface area contributed by atoms with Gasteiger partial charge in [0.15, 0.2) is 0 Å². The highest BCUT2D eigenvalue weighted by Crippen LogP contribution is 2.13. The van der Waals surface area contributed by atoms with E-state index in [1.807, 2.05) is 6.07 Å². The number of hydrogen-bond acceptors (Lipinski definition) is 5. The van der Waals surface area contributed by atoms with Crippen LogP contribution in [0.3, 0.4) is 0 Å².